The third-order valence-corrected chi connectivity index (χ3v) is 3.04. The fraction of sp³-hybridized carbons (Fsp3) is 0.500. The predicted molar refractivity (Wildman–Crippen MR) is 61.8 cm³/mol. The van der Waals surface area contributed by atoms with Crippen molar-refractivity contribution < 1.29 is 4.74 Å². The molecule has 76 valence electrons. The molecule has 0 saturated heterocycles. The minimum absolute atomic E-state index is 0.0620. The van der Waals surface area contributed by atoms with Crippen molar-refractivity contribution in [2.45, 2.75) is 37.7 Å². The van der Waals surface area contributed by atoms with E-state index in [4.69, 9.17) is 4.74 Å². The Balaban J connectivity index is 2.22. The molecular weight excluding hydrogens is 192 g/mol. The molecule has 0 bridgehead atoms. The highest BCUT2D eigenvalue weighted by molar-refractivity contribution is 7.81. The highest BCUT2D eigenvalue weighted by Crippen LogP contribution is 2.29. The molecule has 0 spiro atoms. The van der Waals surface area contributed by atoms with E-state index in [0.29, 0.717) is 0 Å². The lowest BCUT2D eigenvalue weighted by Gasteiger charge is -2.34. The first-order chi connectivity index (χ1) is 6.57. The molecule has 0 saturated carbocycles. The van der Waals surface area contributed by atoms with Crippen molar-refractivity contribution in [3.8, 4) is 0 Å². The van der Waals surface area contributed by atoms with Gasteiger partial charge in [0.25, 0.3) is 0 Å². The predicted octanol–water partition coefficient (Wildman–Crippen LogP) is 2.84. The minimum atomic E-state index is -0.0620. The van der Waals surface area contributed by atoms with E-state index in [0.717, 1.165) is 13.0 Å². The van der Waals surface area contributed by atoms with E-state index >= 15 is 0 Å². The van der Waals surface area contributed by atoms with E-state index in [1.54, 1.807) is 0 Å². The third kappa shape index (κ3) is 1.96. The molecule has 1 atom stereocenters. The Morgan fingerprint density at radius 1 is 1.29 bits per heavy atom. The van der Waals surface area contributed by atoms with Gasteiger partial charge in [-0.25, -0.2) is 0 Å². The summed E-state index contributed by atoms with van der Waals surface area (Å²) in [5.41, 5.74) is 2.73. The Hall–Kier alpha value is -0.470. The van der Waals surface area contributed by atoms with Crippen LogP contribution in [0.25, 0.3) is 0 Å². The summed E-state index contributed by atoms with van der Waals surface area (Å²) >= 11 is 4.56. The summed E-state index contributed by atoms with van der Waals surface area (Å²) in [6.07, 6.45) is 1.20. The fourth-order valence-electron chi connectivity index (χ4n) is 1.80. The van der Waals surface area contributed by atoms with Crippen LogP contribution in [0.1, 0.15) is 25.0 Å². The van der Waals surface area contributed by atoms with Crippen LogP contribution in [-0.2, 0) is 17.8 Å². The van der Waals surface area contributed by atoms with Crippen LogP contribution < -0.4 is 0 Å². The van der Waals surface area contributed by atoms with Crippen molar-refractivity contribution in [1.29, 1.82) is 0 Å². The lowest BCUT2D eigenvalue weighted by atomic mass is 9.93. The molecular formula is C12H16OS. The van der Waals surface area contributed by atoms with Crippen LogP contribution in [0.2, 0.25) is 0 Å². The van der Waals surface area contributed by atoms with Crippen molar-refractivity contribution in [3.05, 3.63) is 35.4 Å². The monoisotopic (exact) mass is 208 g/mol. The molecule has 1 nitrogen and oxygen atoms in total. The highest BCUT2D eigenvalue weighted by Gasteiger charge is 2.30. The maximum atomic E-state index is 5.79. The molecule has 1 aliphatic heterocycles. The lowest BCUT2D eigenvalue weighted by Crippen LogP contribution is -2.37. The number of ether oxygens (including phenoxy) is 1. The van der Waals surface area contributed by atoms with Crippen LogP contribution in [0, 0.1) is 0 Å². The number of hydrogen-bond acceptors (Lipinski definition) is 2. The Morgan fingerprint density at radius 2 is 1.93 bits per heavy atom. The first-order valence-electron chi connectivity index (χ1n) is 4.98. The molecule has 1 aliphatic rings. The summed E-state index contributed by atoms with van der Waals surface area (Å²) in [6.45, 7) is 4.94. The topological polar surface area (TPSA) is 9.23 Å². The molecule has 1 unspecified atom stereocenters. The van der Waals surface area contributed by atoms with Gasteiger partial charge in [-0.3, -0.25) is 0 Å². The number of hydrogen-bond donors (Lipinski definition) is 1. The van der Waals surface area contributed by atoms with Gasteiger partial charge in [0.1, 0.15) is 0 Å². The van der Waals surface area contributed by atoms with Crippen LogP contribution in [0.15, 0.2) is 24.3 Å². The quantitative estimate of drug-likeness (QED) is 0.698. The van der Waals surface area contributed by atoms with E-state index in [1.165, 1.54) is 11.1 Å². The van der Waals surface area contributed by atoms with E-state index in [2.05, 4.69) is 50.7 Å². The smallest absolute Gasteiger partial charge is 0.0758 e. The fourth-order valence-corrected chi connectivity index (χ4v) is 1.97. The van der Waals surface area contributed by atoms with Gasteiger partial charge in [0.15, 0.2) is 0 Å². The molecule has 0 amide bonds. The molecule has 0 aliphatic carbocycles. The van der Waals surface area contributed by atoms with Crippen LogP contribution in [0.4, 0.5) is 0 Å². The van der Waals surface area contributed by atoms with Gasteiger partial charge >= 0.3 is 0 Å². The van der Waals surface area contributed by atoms with Crippen molar-refractivity contribution in [2.24, 2.45) is 0 Å². The van der Waals surface area contributed by atoms with E-state index < -0.39 is 0 Å². The molecule has 0 N–H and O–H groups in total. The van der Waals surface area contributed by atoms with Crippen molar-refractivity contribution in [1.82, 2.24) is 0 Å². The van der Waals surface area contributed by atoms with Crippen molar-refractivity contribution in [3.63, 3.8) is 0 Å². The Bertz CT molecular complexity index is 327. The Kier molecular flexibility index (Phi) is 2.58. The molecule has 1 heterocycles. The first kappa shape index (κ1) is 10.1. The lowest BCUT2D eigenvalue weighted by molar-refractivity contribution is 0.0107. The standard InChI is InChI=1S/C12H16OS/c1-12(2,14)11-7-9-5-3-4-6-10(9)8-13-11/h3-6,11,14H,7-8H2,1-2H3. The summed E-state index contributed by atoms with van der Waals surface area (Å²) in [5, 5.41) is 0. The summed E-state index contributed by atoms with van der Waals surface area (Å²) in [7, 11) is 0. The summed E-state index contributed by atoms with van der Waals surface area (Å²) in [5.74, 6) is 0. The SMILES string of the molecule is CC(C)(S)C1Cc2ccccc2CO1. The summed E-state index contributed by atoms with van der Waals surface area (Å²) < 4.78 is 5.73. The zero-order chi connectivity index (χ0) is 10.2. The Labute approximate surface area is 90.9 Å². The van der Waals surface area contributed by atoms with Gasteiger partial charge < -0.3 is 4.74 Å². The van der Waals surface area contributed by atoms with Gasteiger partial charge in [-0.15, -0.1) is 0 Å². The third-order valence-electron chi connectivity index (χ3n) is 2.75. The minimum Gasteiger partial charge on any atom is -0.372 e. The molecule has 0 aromatic heterocycles. The van der Waals surface area contributed by atoms with Gasteiger partial charge in [-0.05, 0) is 25.0 Å². The van der Waals surface area contributed by atoms with Gasteiger partial charge in [0.2, 0.25) is 0 Å². The average Bonchev–Trinajstić information content (AvgIpc) is 2.16. The maximum Gasteiger partial charge on any atom is 0.0758 e. The molecule has 0 fully saturated rings. The highest BCUT2D eigenvalue weighted by atomic mass is 32.1. The van der Waals surface area contributed by atoms with Gasteiger partial charge in [0.05, 0.1) is 12.7 Å². The van der Waals surface area contributed by atoms with Crippen molar-refractivity contribution in [2.75, 3.05) is 0 Å². The Morgan fingerprint density at radius 3 is 2.57 bits per heavy atom. The molecule has 2 heteroatoms. The molecule has 2 rings (SSSR count). The normalized spacial score (nSPS) is 21.8. The number of thiol groups is 1. The van der Waals surface area contributed by atoms with Crippen molar-refractivity contribution >= 4 is 12.6 Å². The largest absolute Gasteiger partial charge is 0.372 e. The van der Waals surface area contributed by atoms with Crippen LogP contribution in [0.3, 0.4) is 0 Å². The van der Waals surface area contributed by atoms with Gasteiger partial charge in [-0.2, -0.15) is 12.6 Å². The van der Waals surface area contributed by atoms with Gasteiger partial charge in [-0.1, -0.05) is 24.3 Å². The van der Waals surface area contributed by atoms with E-state index in [1.807, 2.05) is 0 Å². The second kappa shape index (κ2) is 3.59. The second-order valence-corrected chi connectivity index (χ2v) is 5.58. The molecule has 1 aromatic rings. The zero-order valence-corrected chi connectivity index (χ0v) is 9.55. The average molecular weight is 208 g/mol. The molecule has 0 radical (unpaired) electrons. The van der Waals surface area contributed by atoms with Crippen LogP contribution in [-0.4, -0.2) is 10.9 Å². The number of rotatable bonds is 1. The van der Waals surface area contributed by atoms with E-state index in [9.17, 15) is 0 Å². The van der Waals surface area contributed by atoms with Gasteiger partial charge in [0, 0.05) is 11.2 Å². The second-order valence-electron chi connectivity index (χ2n) is 4.43. The molecule has 1 aromatic carbocycles. The first-order valence-corrected chi connectivity index (χ1v) is 5.43. The maximum absolute atomic E-state index is 5.79. The summed E-state index contributed by atoms with van der Waals surface area (Å²) in [4.78, 5) is 0. The van der Waals surface area contributed by atoms with Crippen LogP contribution in [0.5, 0.6) is 0 Å². The van der Waals surface area contributed by atoms with E-state index in [-0.39, 0.29) is 10.9 Å². The number of fused-ring (bicyclic) bond motifs is 1. The van der Waals surface area contributed by atoms with Crippen LogP contribution >= 0.6 is 12.6 Å². The number of benzene rings is 1. The zero-order valence-electron chi connectivity index (χ0n) is 8.66. The molecule has 14 heavy (non-hydrogen) atoms. The summed E-state index contributed by atoms with van der Waals surface area (Å²) in [6, 6.07) is 8.47.